The van der Waals surface area contributed by atoms with E-state index in [0.717, 1.165) is 25.3 Å². The number of aliphatic hydroxyl groups excluding tert-OH is 1. The molecule has 4 N–H and O–H groups in total. The van der Waals surface area contributed by atoms with Crippen molar-refractivity contribution in [3.05, 3.63) is 6.07 Å². The first-order valence-electron chi connectivity index (χ1n) is 5.95. The minimum atomic E-state index is 0.0977. The minimum Gasteiger partial charge on any atom is -0.395 e. The zero-order valence-corrected chi connectivity index (χ0v) is 10.5. The lowest BCUT2D eigenvalue weighted by Gasteiger charge is -2.22. The summed E-state index contributed by atoms with van der Waals surface area (Å²) in [5.74, 6) is 1.72. The quantitative estimate of drug-likeness (QED) is 0.649. The lowest BCUT2D eigenvalue weighted by Crippen LogP contribution is -2.28. The van der Waals surface area contributed by atoms with Crippen molar-refractivity contribution in [2.75, 3.05) is 42.2 Å². The molecule has 6 nitrogen and oxygen atoms in total. The highest BCUT2D eigenvalue weighted by Crippen LogP contribution is 2.17. The number of nitrogen functional groups attached to an aromatic ring is 1. The third kappa shape index (κ3) is 4.07. The Bertz CT molecular complexity index is 339. The van der Waals surface area contributed by atoms with E-state index >= 15 is 0 Å². The van der Waals surface area contributed by atoms with Gasteiger partial charge in [0, 0.05) is 25.7 Å². The first-order chi connectivity index (χ1) is 8.21. The Morgan fingerprint density at radius 1 is 1.35 bits per heavy atom. The molecule has 0 atom stereocenters. The van der Waals surface area contributed by atoms with Crippen LogP contribution in [-0.2, 0) is 0 Å². The molecule has 1 heterocycles. The molecule has 0 aliphatic carbocycles. The Morgan fingerprint density at radius 2 is 2.12 bits per heavy atom. The van der Waals surface area contributed by atoms with Crippen molar-refractivity contribution in [2.45, 2.75) is 20.3 Å². The summed E-state index contributed by atoms with van der Waals surface area (Å²) in [6.07, 6.45) is 0.987. The summed E-state index contributed by atoms with van der Waals surface area (Å²) >= 11 is 0. The van der Waals surface area contributed by atoms with Crippen LogP contribution in [0.5, 0.6) is 0 Å². The average molecular weight is 239 g/mol. The van der Waals surface area contributed by atoms with Gasteiger partial charge in [-0.1, -0.05) is 6.92 Å². The molecule has 1 rings (SSSR count). The van der Waals surface area contributed by atoms with E-state index in [-0.39, 0.29) is 12.6 Å². The lowest BCUT2D eigenvalue weighted by atomic mass is 10.3. The number of nitrogens with two attached hydrogens (primary N) is 1. The number of nitrogens with zero attached hydrogens (tertiary/aromatic N) is 3. The van der Waals surface area contributed by atoms with Crippen molar-refractivity contribution in [3.8, 4) is 0 Å². The summed E-state index contributed by atoms with van der Waals surface area (Å²) < 4.78 is 0. The molecule has 0 unspecified atom stereocenters. The van der Waals surface area contributed by atoms with Gasteiger partial charge in [-0.15, -0.1) is 0 Å². The molecule has 1 aromatic rings. The van der Waals surface area contributed by atoms with Crippen molar-refractivity contribution in [1.82, 2.24) is 9.97 Å². The number of nitrogens with one attached hydrogen (secondary N) is 1. The van der Waals surface area contributed by atoms with Crippen LogP contribution in [-0.4, -0.2) is 41.3 Å². The van der Waals surface area contributed by atoms with Gasteiger partial charge in [0.2, 0.25) is 5.95 Å². The lowest BCUT2D eigenvalue weighted by molar-refractivity contribution is 0.301. The molecular weight excluding hydrogens is 218 g/mol. The SMILES string of the molecule is CCCN(CCO)c1cc(NCC)nc(N)n1. The summed E-state index contributed by atoms with van der Waals surface area (Å²) in [6, 6.07) is 1.85. The fraction of sp³-hybridized carbons (Fsp3) is 0.636. The molecule has 17 heavy (non-hydrogen) atoms. The fourth-order valence-corrected chi connectivity index (χ4v) is 1.62. The molecule has 0 radical (unpaired) electrons. The van der Waals surface area contributed by atoms with Gasteiger partial charge in [-0.2, -0.15) is 9.97 Å². The molecule has 0 spiro atoms. The standard InChI is InChI=1S/C11H21N5O/c1-3-5-16(6-7-17)10-8-9(13-4-2)14-11(12)15-10/h8,17H,3-7H2,1-2H3,(H3,12,13,14,15). The van der Waals surface area contributed by atoms with Crippen molar-refractivity contribution in [3.63, 3.8) is 0 Å². The number of hydrogen-bond donors (Lipinski definition) is 3. The van der Waals surface area contributed by atoms with E-state index in [2.05, 4.69) is 22.2 Å². The van der Waals surface area contributed by atoms with Gasteiger partial charge in [0.25, 0.3) is 0 Å². The first kappa shape index (κ1) is 13.5. The van der Waals surface area contributed by atoms with Crippen molar-refractivity contribution in [1.29, 1.82) is 0 Å². The van der Waals surface area contributed by atoms with Crippen molar-refractivity contribution >= 4 is 17.6 Å². The number of hydrogen-bond acceptors (Lipinski definition) is 6. The van der Waals surface area contributed by atoms with E-state index in [1.807, 2.05) is 17.9 Å². The van der Waals surface area contributed by atoms with Crippen LogP contribution in [0.2, 0.25) is 0 Å². The zero-order chi connectivity index (χ0) is 12.7. The van der Waals surface area contributed by atoms with Gasteiger partial charge in [-0.25, -0.2) is 0 Å². The van der Waals surface area contributed by atoms with E-state index in [4.69, 9.17) is 10.8 Å². The molecule has 0 aromatic carbocycles. The van der Waals surface area contributed by atoms with Crippen LogP contribution in [0, 0.1) is 0 Å². The Labute approximate surface area is 102 Å². The second-order valence-corrected chi connectivity index (χ2v) is 3.71. The van der Waals surface area contributed by atoms with Gasteiger partial charge >= 0.3 is 0 Å². The molecule has 0 fully saturated rings. The van der Waals surface area contributed by atoms with Crippen LogP contribution < -0.4 is 16.0 Å². The highest BCUT2D eigenvalue weighted by atomic mass is 16.3. The molecule has 0 aliphatic heterocycles. The van der Waals surface area contributed by atoms with E-state index in [0.29, 0.717) is 12.4 Å². The highest BCUT2D eigenvalue weighted by Gasteiger charge is 2.09. The van der Waals surface area contributed by atoms with Crippen molar-refractivity contribution in [2.24, 2.45) is 0 Å². The molecule has 6 heteroatoms. The van der Waals surface area contributed by atoms with E-state index in [9.17, 15) is 0 Å². The molecule has 0 saturated carbocycles. The molecular formula is C11H21N5O. The average Bonchev–Trinajstić information content (AvgIpc) is 2.28. The van der Waals surface area contributed by atoms with Crippen LogP contribution in [0.15, 0.2) is 6.07 Å². The summed E-state index contributed by atoms with van der Waals surface area (Å²) in [6.45, 7) is 6.35. The Hall–Kier alpha value is -1.56. The zero-order valence-electron chi connectivity index (χ0n) is 10.5. The summed E-state index contributed by atoms with van der Waals surface area (Å²) in [5, 5.41) is 12.1. The molecule has 0 amide bonds. The minimum absolute atomic E-state index is 0.0977. The van der Waals surface area contributed by atoms with Gasteiger partial charge in [-0.3, -0.25) is 0 Å². The third-order valence-corrected chi connectivity index (χ3v) is 2.28. The normalized spacial score (nSPS) is 10.3. The number of anilines is 3. The van der Waals surface area contributed by atoms with Gasteiger partial charge < -0.3 is 21.1 Å². The number of rotatable bonds is 7. The predicted molar refractivity (Wildman–Crippen MR) is 70.2 cm³/mol. The van der Waals surface area contributed by atoms with Crippen molar-refractivity contribution < 1.29 is 5.11 Å². The maximum absolute atomic E-state index is 9.03. The van der Waals surface area contributed by atoms with Gasteiger partial charge in [0.1, 0.15) is 11.6 Å². The van der Waals surface area contributed by atoms with E-state index in [1.165, 1.54) is 0 Å². The second kappa shape index (κ2) is 6.90. The first-order valence-corrected chi connectivity index (χ1v) is 5.95. The highest BCUT2D eigenvalue weighted by molar-refractivity contribution is 5.52. The Morgan fingerprint density at radius 3 is 2.71 bits per heavy atom. The van der Waals surface area contributed by atoms with Gasteiger partial charge in [0.15, 0.2) is 0 Å². The van der Waals surface area contributed by atoms with E-state index < -0.39 is 0 Å². The monoisotopic (exact) mass is 239 g/mol. The summed E-state index contributed by atoms with van der Waals surface area (Å²) in [5.41, 5.74) is 5.67. The van der Waals surface area contributed by atoms with Crippen LogP contribution in [0.3, 0.4) is 0 Å². The fourth-order valence-electron chi connectivity index (χ4n) is 1.62. The number of aliphatic hydroxyl groups is 1. The van der Waals surface area contributed by atoms with Gasteiger partial charge in [0.05, 0.1) is 6.61 Å². The third-order valence-electron chi connectivity index (χ3n) is 2.28. The number of aromatic nitrogens is 2. The Balaban J connectivity index is 2.92. The largest absolute Gasteiger partial charge is 0.395 e. The maximum Gasteiger partial charge on any atom is 0.223 e. The smallest absolute Gasteiger partial charge is 0.223 e. The topological polar surface area (TPSA) is 87.3 Å². The Kier molecular flexibility index (Phi) is 5.48. The van der Waals surface area contributed by atoms with Crippen LogP contribution in [0.1, 0.15) is 20.3 Å². The summed E-state index contributed by atoms with van der Waals surface area (Å²) in [4.78, 5) is 10.3. The van der Waals surface area contributed by atoms with Crippen LogP contribution >= 0.6 is 0 Å². The van der Waals surface area contributed by atoms with Gasteiger partial charge in [-0.05, 0) is 13.3 Å². The molecule has 96 valence electrons. The van der Waals surface area contributed by atoms with Crippen LogP contribution in [0.25, 0.3) is 0 Å². The summed E-state index contributed by atoms with van der Waals surface area (Å²) in [7, 11) is 0. The molecule has 0 saturated heterocycles. The second-order valence-electron chi connectivity index (χ2n) is 3.71. The maximum atomic E-state index is 9.03. The van der Waals surface area contributed by atoms with E-state index in [1.54, 1.807) is 0 Å². The molecule has 0 bridgehead atoms. The van der Waals surface area contributed by atoms with Crippen LogP contribution in [0.4, 0.5) is 17.6 Å². The predicted octanol–water partition coefficient (Wildman–Crippen LogP) is 0.699. The molecule has 0 aliphatic rings. The molecule has 1 aromatic heterocycles.